The van der Waals surface area contributed by atoms with Crippen molar-refractivity contribution in [3.63, 3.8) is 0 Å². The van der Waals surface area contributed by atoms with Gasteiger partial charge in [0.15, 0.2) is 0 Å². The molecule has 0 heterocycles. The van der Waals surface area contributed by atoms with E-state index in [4.69, 9.17) is 5.73 Å². The molecule has 1 nitrogen and oxygen atoms in total. The molecule has 1 rings (SSSR count). The zero-order valence-electron chi connectivity index (χ0n) is 5.75. The maximum absolute atomic E-state index is 5.67. The number of anilines is 1. The summed E-state index contributed by atoms with van der Waals surface area (Å²) in [4.78, 5) is 0. The van der Waals surface area contributed by atoms with E-state index in [0.29, 0.717) is 0 Å². The summed E-state index contributed by atoms with van der Waals surface area (Å²) in [6.07, 6.45) is 0.954. The maximum Gasteiger partial charge on any atom is 0.0346 e. The fraction of sp³-hybridized carbons (Fsp3) is 0.250. The Morgan fingerprint density at radius 1 is 1.30 bits per heavy atom. The van der Waals surface area contributed by atoms with Crippen molar-refractivity contribution in [2.24, 2.45) is 0 Å². The van der Waals surface area contributed by atoms with E-state index >= 15 is 0 Å². The summed E-state index contributed by atoms with van der Waals surface area (Å²) < 4.78 is 0. The molecule has 0 fully saturated rings. The molecule has 0 spiro atoms. The minimum absolute atomic E-state index is 0.855. The Bertz CT molecular complexity index is 210. The monoisotopic (exact) mass is 153 g/mol. The van der Waals surface area contributed by atoms with Crippen molar-refractivity contribution in [3.05, 3.63) is 29.8 Å². The third kappa shape index (κ3) is 1.67. The molecule has 0 aliphatic heterocycles. The normalized spacial score (nSPS) is 9.70. The zero-order valence-corrected chi connectivity index (χ0v) is 6.64. The molecule has 10 heavy (non-hydrogen) atoms. The fourth-order valence-electron chi connectivity index (χ4n) is 0.882. The highest BCUT2D eigenvalue weighted by Gasteiger charge is 1.93. The van der Waals surface area contributed by atoms with Crippen LogP contribution in [0.2, 0.25) is 0 Å². The van der Waals surface area contributed by atoms with Crippen LogP contribution in [0.15, 0.2) is 24.3 Å². The Kier molecular flexibility index (Phi) is 2.63. The van der Waals surface area contributed by atoms with Crippen molar-refractivity contribution in [2.75, 3.05) is 11.5 Å². The Morgan fingerprint density at radius 2 is 2.00 bits per heavy atom. The summed E-state index contributed by atoms with van der Waals surface area (Å²) >= 11 is 4.12. The predicted molar refractivity (Wildman–Crippen MR) is 48.4 cm³/mol. The molecule has 1 aromatic rings. The Balaban J connectivity index is 2.81. The van der Waals surface area contributed by atoms with Crippen LogP contribution < -0.4 is 5.73 Å². The van der Waals surface area contributed by atoms with Crippen LogP contribution in [0.3, 0.4) is 0 Å². The number of nitrogen functional groups attached to an aromatic ring is 1. The maximum atomic E-state index is 5.67. The summed E-state index contributed by atoms with van der Waals surface area (Å²) in [6, 6.07) is 7.89. The number of benzene rings is 1. The van der Waals surface area contributed by atoms with Crippen LogP contribution in [-0.4, -0.2) is 5.75 Å². The minimum Gasteiger partial charge on any atom is -0.399 e. The van der Waals surface area contributed by atoms with Crippen LogP contribution in [0.5, 0.6) is 0 Å². The van der Waals surface area contributed by atoms with Gasteiger partial charge in [-0.15, -0.1) is 0 Å². The van der Waals surface area contributed by atoms with Gasteiger partial charge in [-0.25, -0.2) is 0 Å². The van der Waals surface area contributed by atoms with E-state index in [1.807, 2.05) is 24.3 Å². The topological polar surface area (TPSA) is 26.0 Å². The first-order valence-corrected chi connectivity index (χ1v) is 3.92. The molecule has 0 aliphatic carbocycles. The largest absolute Gasteiger partial charge is 0.399 e. The van der Waals surface area contributed by atoms with E-state index in [1.165, 1.54) is 5.56 Å². The van der Waals surface area contributed by atoms with Gasteiger partial charge in [-0.1, -0.05) is 18.2 Å². The van der Waals surface area contributed by atoms with Gasteiger partial charge in [-0.2, -0.15) is 12.6 Å². The molecule has 0 bridgehead atoms. The predicted octanol–water partition coefficient (Wildman–Crippen LogP) is 1.74. The first kappa shape index (κ1) is 7.48. The molecule has 0 aromatic heterocycles. The van der Waals surface area contributed by atoms with Crippen LogP contribution in [0.4, 0.5) is 5.69 Å². The van der Waals surface area contributed by atoms with Crippen molar-refractivity contribution < 1.29 is 0 Å². The number of thiol groups is 1. The zero-order chi connectivity index (χ0) is 7.40. The average Bonchev–Trinajstić information content (AvgIpc) is 1.94. The van der Waals surface area contributed by atoms with E-state index in [9.17, 15) is 0 Å². The lowest BCUT2D eigenvalue weighted by Gasteiger charge is -2.00. The molecule has 54 valence electrons. The molecule has 1 aromatic carbocycles. The third-order valence-corrected chi connectivity index (χ3v) is 1.66. The summed E-state index contributed by atoms with van der Waals surface area (Å²) in [7, 11) is 0. The molecular weight excluding hydrogens is 142 g/mol. The second kappa shape index (κ2) is 3.52. The second-order valence-electron chi connectivity index (χ2n) is 2.17. The van der Waals surface area contributed by atoms with E-state index in [-0.39, 0.29) is 0 Å². The number of para-hydroxylation sites is 1. The standard InChI is InChI=1S/C8H11NS/c9-8-4-2-1-3-7(8)5-6-10/h1-4,10H,5-6,9H2. The molecule has 0 radical (unpaired) electrons. The van der Waals surface area contributed by atoms with Crippen molar-refractivity contribution in [2.45, 2.75) is 6.42 Å². The van der Waals surface area contributed by atoms with Crippen molar-refractivity contribution in [1.29, 1.82) is 0 Å². The average molecular weight is 153 g/mol. The molecule has 0 saturated heterocycles. The fourth-order valence-corrected chi connectivity index (χ4v) is 1.12. The van der Waals surface area contributed by atoms with Gasteiger partial charge in [-0.05, 0) is 23.8 Å². The Morgan fingerprint density at radius 3 is 2.60 bits per heavy atom. The third-order valence-electron chi connectivity index (χ3n) is 1.44. The van der Waals surface area contributed by atoms with E-state index in [0.717, 1.165) is 17.9 Å². The number of rotatable bonds is 2. The number of nitrogens with two attached hydrogens (primary N) is 1. The lowest BCUT2D eigenvalue weighted by Crippen LogP contribution is -1.93. The Labute approximate surface area is 66.7 Å². The molecule has 0 atom stereocenters. The van der Waals surface area contributed by atoms with Gasteiger partial charge >= 0.3 is 0 Å². The molecular formula is C8H11NS. The van der Waals surface area contributed by atoms with Gasteiger partial charge in [0.1, 0.15) is 0 Å². The van der Waals surface area contributed by atoms with Gasteiger partial charge in [0, 0.05) is 5.69 Å². The molecule has 0 aliphatic rings. The summed E-state index contributed by atoms with van der Waals surface area (Å²) in [5.74, 6) is 0.855. The molecule has 0 saturated carbocycles. The van der Waals surface area contributed by atoms with E-state index < -0.39 is 0 Å². The first-order valence-electron chi connectivity index (χ1n) is 3.29. The van der Waals surface area contributed by atoms with Crippen LogP contribution in [0.1, 0.15) is 5.56 Å². The van der Waals surface area contributed by atoms with Gasteiger partial charge in [0.05, 0.1) is 0 Å². The van der Waals surface area contributed by atoms with Crippen LogP contribution in [0.25, 0.3) is 0 Å². The number of hydrogen-bond acceptors (Lipinski definition) is 2. The minimum atomic E-state index is 0.855. The number of aryl methyl sites for hydroxylation is 1. The van der Waals surface area contributed by atoms with Gasteiger partial charge in [-0.3, -0.25) is 0 Å². The molecule has 2 heteroatoms. The highest BCUT2D eigenvalue weighted by atomic mass is 32.1. The van der Waals surface area contributed by atoms with E-state index in [1.54, 1.807) is 0 Å². The highest BCUT2D eigenvalue weighted by Crippen LogP contribution is 2.10. The van der Waals surface area contributed by atoms with Gasteiger partial charge in [0.25, 0.3) is 0 Å². The molecule has 0 amide bonds. The quantitative estimate of drug-likeness (QED) is 0.491. The molecule has 2 N–H and O–H groups in total. The lowest BCUT2D eigenvalue weighted by atomic mass is 10.1. The van der Waals surface area contributed by atoms with Crippen LogP contribution >= 0.6 is 12.6 Å². The first-order chi connectivity index (χ1) is 4.84. The Hall–Kier alpha value is -0.630. The summed E-state index contributed by atoms with van der Waals surface area (Å²) in [5.41, 5.74) is 7.74. The van der Waals surface area contributed by atoms with Crippen LogP contribution in [-0.2, 0) is 6.42 Å². The summed E-state index contributed by atoms with van der Waals surface area (Å²) in [5, 5.41) is 0. The van der Waals surface area contributed by atoms with Crippen LogP contribution in [0, 0.1) is 0 Å². The SMILES string of the molecule is Nc1ccccc1CCS. The second-order valence-corrected chi connectivity index (χ2v) is 2.62. The van der Waals surface area contributed by atoms with Gasteiger partial charge < -0.3 is 5.73 Å². The molecule has 0 unspecified atom stereocenters. The number of hydrogen-bond donors (Lipinski definition) is 2. The highest BCUT2D eigenvalue weighted by molar-refractivity contribution is 7.80. The lowest BCUT2D eigenvalue weighted by molar-refractivity contribution is 1.17. The van der Waals surface area contributed by atoms with Crippen molar-refractivity contribution in [3.8, 4) is 0 Å². The van der Waals surface area contributed by atoms with Gasteiger partial charge in [0.2, 0.25) is 0 Å². The smallest absolute Gasteiger partial charge is 0.0346 e. The van der Waals surface area contributed by atoms with E-state index in [2.05, 4.69) is 12.6 Å². The summed E-state index contributed by atoms with van der Waals surface area (Å²) in [6.45, 7) is 0. The van der Waals surface area contributed by atoms with Crippen molar-refractivity contribution >= 4 is 18.3 Å². The van der Waals surface area contributed by atoms with Crippen molar-refractivity contribution in [1.82, 2.24) is 0 Å².